The van der Waals surface area contributed by atoms with Gasteiger partial charge in [-0.15, -0.1) is 0 Å². The van der Waals surface area contributed by atoms with Crippen molar-refractivity contribution < 1.29 is 9.13 Å². The molecule has 2 aromatic rings. The molecule has 0 aliphatic carbocycles. The molecule has 7 heteroatoms. The molecule has 1 atom stereocenters. The van der Waals surface area contributed by atoms with E-state index in [2.05, 4.69) is 37.6 Å². The minimum atomic E-state index is -0.306. The highest BCUT2D eigenvalue weighted by Crippen LogP contribution is 2.17. The first-order chi connectivity index (χ1) is 13.6. The summed E-state index contributed by atoms with van der Waals surface area (Å²) in [6.07, 6.45) is 4.26. The lowest BCUT2D eigenvalue weighted by molar-refractivity contribution is 0.223. The van der Waals surface area contributed by atoms with Crippen LogP contribution >= 0.6 is 0 Å². The second-order valence-electron chi connectivity index (χ2n) is 6.91. The summed E-state index contributed by atoms with van der Waals surface area (Å²) in [5.74, 6) is 1.94. The Kier molecular flexibility index (Phi) is 7.06. The van der Waals surface area contributed by atoms with Crippen molar-refractivity contribution >= 4 is 11.8 Å². The first-order valence-corrected chi connectivity index (χ1v) is 9.70. The van der Waals surface area contributed by atoms with Gasteiger partial charge in [0.25, 0.3) is 0 Å². The summed E-state index contributed by atoms with van der Waals surface area (Å²) in [5.41, 5.74) is 1.09. The summed E-state index contributed by atoms with van der Waals surface area (Å²) < 4.78 is 18.9. The number of benzene rings is 1. The van der Waals surface area contributed by atoms with Crippen LogP contribution in [-0.4, -0.2) is 43.7 Å². The molecule has 1 aliphatic rings. The zero-order chi connectivity index (χ0) is 19.8. The Morgan fingerprint density at radius 1 is 1.25 bits per heavy atom. The van der Waals surface area contributed by atoms with Crippen LogP contribution in [0.2, 0.25) is 0 Å². The van der Waals surface area contributed by atoms with E-state index in [-0.39, 0.29) is 11.9 Å². The molecule has 3 rings (SSSR count). The SMILES string of the molecule is CN=C(NCc1ccc(N2CCCC2)nc1)NCC(C)Oc1cccc(F)c1. The van der Waals surface area contributed by atoms with Crippen LogP contribution in [0.25, 0.3) is 0 Å². The Morgan fingerprint density at radius 3 is 2.75 bits per heavy atom. The third-order valence-corrected chi connectivity index (χ3v) is 4.61. The van der Waals surface area contributed by atoms with Gasteiger partial charge in [-0.1, -0.05) is 12.1 Å². The van der Waals surface area contributed by atoms with Crippen LogP contribution in [0.3, 0.4) is 0 Å². The van der Waals surface area contributed by atoms with Crippen LogP contribution in [0.5, 0.6) is 5.75 Å². The van der Waals surface area contributed by atoms with Crippen LogP contribution in [0.1, 0.15) is 25.3 Å². The second-order valence-corrected chi connectivity index (χ2v) is 6.91. The highest BCUT2D eigenvalue weighted by atomic mass is 19.1. The molecule has 1 aliphatic heterocycles. The molecule has 0 radical (unpaired) electrons. The van der Waals surface area contributed by atoms with Crippen LogP contribution in [0, 0.1) is 5.82 Å². The lowest BCUT2D eigenvalue weighted by atomic mass is 10.3. The molecule has 1 aromatic heterocycles. The van der Waals surface area contributed by atoms with Crippen molar-refractivity contribution in [2.45, 2.75) is 32.4 Å². The maximum absolute atomic E-state index is 13.2. The van der Waals surface area contributed by atoms with E-state index in [0.29, 0.717) is 24.8 Å². The predicted molar refractivity (Wildman–Crippen MR) is 110 cm³/mol. The number of ether oxygens (including phenoxy) is 1. The Balaban J connectivity index is 1.42. The predicted octanol–water partition coefficient (Wildman–Crippen LogP) is 2.95. The summed E-state index contributed by atoms with van der Waals surface area (Å²) >= 11 is 0. The highest BCUT2D eigenvalue weighted by molar-refractivity contribution is 5.79. The number of nitrogens with one attached hydrogen (secondary N) is 2. The fraction of sp³-hybridized carbons (Fsp3) is 0.429. The van der Waals surface area contributed by atoms with Crippen molar-refractivity contribution in [3.05, 3.63) is 54.0 Å². The van der Waals surface area contributed by atoms with E-state index in [1.165, 1.54) is 25.0 Å². The molecule has 0 spiro atoms. The quantitative estimate of drug-likeness (QED) is 0.567. The van der Waals surface area contributed by atoms with Crippen molar-refractivity contribution in [2.24, 2.45) is 4.99 Å². The van der Waals surface area contributed by atoms with E-state index in [9.17, 15) is 4.39 Å². The van der Waals surface area contributed by atoms with E-state index in [1.807, 2.05) is 13.1 Å². The molecule has 28 heavy (non-hydrogen) atoms. The number of hydrogen-bond acceptors (Lipinski definition) is 4. The number of hydrogen-bond donors (Lipinski definition) is 2. The van der Waals surface area contributed by atoms with Gasteiger partial charge in [-0.25, -0.2) is 9.37 Å². The van der Waals surface area contributed by atoms with Gasteiger partial charge in [-0.3, -0.25) is 4.99 Å². The molecule has 1 unspecified atom stereocenters. The first-order valence-electron chi connectivity index (χ1n) is 9.70. The Labute approximate surface area is 165 Å². The molecular formula is C21H28FN5O. The Hall–Kier alpha value is -2.83. The van der Waals surface area contributed by atoms with Gasteiger partial charge in [0.2, 0.25) is 0 Å². The van der Waals surface area contributed by atoms with Crippen molar-refractivity contribution in [1.29, 1.82) is 0 Å². The fourth-order valence-electron chi connectivity index (χ4n) is 3.12. The first kappa shape index (κ1) is 19.9. The number of halogens is 1. The number of nitrogens with zero attached hydrogens (tertiary/aromatic N) is 3. The summed E-state index contributed by atoms with van der Waals surface area (Å²) in [7, 11) is 1.72. The number of aliphatic imine (C=N–C) groups is 1. The van der Waals surface area contributed by atoms with Gasteiger partial charge in [-0.05, 0) is 43.5 Å². The fourth-order valence-corrected chi connectivity index (χ4v) is 3.12. The van der Waals surface area contributed by atoms with Crippen molar-refractivity contribution in [3.63, 3.8) is 0 Å². The molecule has 6 nitrogen and oxygen atoms in total. The van der Waals surface area contributed by atoms with E-state index >= 15 is 0 Å². The molecule has 2 heterocycles. The van der Waals surface area contributed by atoms with E-state index in [4.69, 9.17) is 4.74 Å². The summed E-state index contributed by atoms with van der Waals surface area (Å²) in [6.45, 7) is 5.29. The molecule has 1 saturated heterocycles. The normalized spacial score (nSPS) is 15.4. The van der Waals surface area contributed by atoms with Gasteiger partial charge in [0.1, 0.15) is 23.5 Å². The van der Waals surface area contributed by atoms with Crippen LogP contribution in [-0.2, 0) is 6.54 Å². The number of rotatable bonds is 7. The third-order valence-electron chi connectivity index (χ3n) is 4.61. The van der Waals surface area contributed by atoms with Crippen LogP contribution in [0.4, 0.5) is 10.2 Å². The van der Waals surface area contributed by atoms with Crippen molar-refractivity contribution in [3.8, 4) is 5.75 Å². The lowest BCUT2D eigenvalue weighted by Gasteiger charge is -2.18. The Morgan fingerprint density at radius 2 is 2.07 bits per heavy atom. The monoisotopic (exact) mass is 385 g/mol. The number of pyridine rings is 1. The molecule has 1 fully saturated rings. The molecule has 0 bridgehead atoms. The highest BCUT2D eigenvalue weighted by Gasteiger charge is 2.13. The van der Waals surface area contributed by atoms with E-state index in [1.54, 1.807) is 19.2 Å². The topological polar surface area (TPSA) is 61.8 Å². The minimum absolute atomic E-state index is 0.137. The standard InChI is InChI=1S/C21H28FN5O/c1-16(28-19-7-5-6-18(22)12-19)13-25-21(23-2)26-15-17-8-9-20(24-14-17)27-10-3-4-11-27/h5-9,12,14,16H,3-4,10-11,13,15H2,1-2H3,(H2,23,25,26). The largest absolute Gasteiger partial charge is 0.489 e. The average Bonchev–Trinajstić information content (AvgIpc) is 3.23. The molecule has 0 amide bonds. The molecule has 1 aromatic carbocycles. The lowest BCUT2D eigenvalue weighted by Crippen LogP contribution is -2.41. The van der Waals surface area contributed by atoms with Gasteiger partial charge < -0.3 is 20.3 Å². The maximum atomic E-state index is 13.2. The number of aromatic nitrogens is 1. The zero-order valence-electron chi connectivity index (χ0n) is 16.5. The second kappa shape index (κ2) is 9.92. The summed E-state index contributed by atoms with van der Waals surface area (Å²) in [5, 5.41) is 6.49. The van der Waals surface area contributed by atoms with Gasteiger partial charge in [-0.2, -0.15) is 0 Å². The van der Waals surface area contributed by atoms with Crippen LogP contribution in [0.15, 0.2) is 47.6 Å². The van der Waals surface area contributed by atoms with Crippen LogP contribution < -0.4 is 20.3 Å². The van der Waals surface area contributed by atoms with Gasteiger partial charge in [0.05, 0.1) is 6.54 Å². The van der Waals surface area contributed by atoms with Gasteiger partial charge >= 0.3 is 0 Å². The minimum Gasteiger partial charge on any atom is -0.489 e. The summed E-state index contributed by atoms with van der Waals surface area (Å²) in [6, 6.07) is 10.3. The molecular weight excluding hydrogens is 357 g/mol. The zero-order valence-corrected chi connectivity index (χ0v) is 16.5. The van der Waals surface area contributed by atoms with Crippen molar-refractivity contribution in [1.82, 2.24) is 15.6 Å². The molecule has 2 N–H and O–H groups in total. The Bertz CT molecular complexity index is 775. The number of guanidine groups is 1. The molecule has 0 saturated carbocycles. The number of anilines is 1. The van der Waals surface area contributed by atoms with Crippen molar-refractivity contribution in [2.75, 3.05) is 31.6 Å². The van der Waals surface area contributed by atoms with Gasteiger partial charge in [0, 0.05) is 38.9 Å². The van der Waals surface area contributed by atoms with E-state index < -0.39 is 0 Å². The molecule has 150 valence electrons. The third kappa shape index (κ3) is 5.84. The average molecular weight is 385 g/mol. The van der Waals surface area contributed by atoms with Gasteiger partial charge in [0.15, 0.2) is 5.96 Å². The smallest absolute Gasteiger partial charge is 0.191 e. The summed E-state index contributed by atoms with van der Waals surface area (Å²) in [4.78, 5) is 11.1. The maximum Gasteiger partial charge on any atom is 0.191 e. The van der Waals surface area contributed by atoms with E-state index in [0.717, 1.165) is 24.5 Å².